The van der Waals surface area contributed by atoms with Gasteiger partial charge in [-0.1, -0.05) is 29.6 Å². The molecule has 33 heavy (non-hydrogen) atoms. The maximum atomic E-state index is 9.55. The molecule has 2 aliphatic heterocycles. The Morgan fingerprint density at radius 1 is 0.606 bits per heavy atom. The van der Waals surface area contributed by atoms with Crippen LogP contribution in [0.3, 0.4) is 0 Å². The summed E-state index contributed by atoms with van der Waals surface area (Å²) >= 11 is 0. The SMILES string of the molecule is O/N=C1/C2CCC(C2)C1N1CCC(CCCC2CCN(C3/C(=N/O)C4CCC3C4)CC2)CC1. The predicted molar refractivity (Wildman–Crippen MR) is 130 cm³/mol. The number of rotatable bonds is 6. The number of hydrogen-bond donors (Lipinski definition) is 2. The van der Waals surface area contributed by atoms with Gasteiger partial charge in [0.15, 0.2) is 0 Å². The standard InChI is InChI=1S/C27H44N4O2/c32-28-24-20-4-6-22(16-20)26(24)30-12-8-18(9-13-30)2-1-3-19-10-14-31(15-11-19)27-23-7-5-21(17-23)25(27)29-33/h18-23,26-27,32-33H,1-17H2/b28-24-,29-25+. The van der Waals surface area contributed by atoms with E-state index in [4.69, 9.17) is 0 Å². The van der Waals surface area contributed by atoms with E-state index in [1.807, 2.05) is 0 Å². The van der Waals surface area contributed by atoms with Gasteiger partial charge in [-0.3, -0.25) is 9.80 Å². The molecule has 6 unspecified atom stereocenters. The molecule has 0 radical (unpaired) electrons. The lowest BCUT2D eigenvalue weighted by Crippen LogP contribution is -2.48. The smallest absolute Gasteiger partial charge is 0.0775 e. The fourth-order valence-corrected chi connectivity index (χ4v) is 9.10. The van der Waals surface area contributed by atoms with E-state index in [-0.39, 0.29) is 0 Å². The molecule has 6 atom stereocenters. The van der Waals surface area contributed by atoms with Gasteiger partial charge in [0, 0.05) is 11.8 Å². The van der Waals surface area contributed by atoms with Crippen molar-refractivity contribution in [1.29, 1.82) is 0 Å². The summed E-state index contributed by atoms with van der Waals surface area (Å²) in [6.07, 6.45) is 17.2. The highest BCUT2D eigenvalue weighted by molar-refractivity contribution is 5.95. The van der Waals surface area contributed by atoms with Gasteiger partial charge in [-0.05, 0) is 114 Å². The molecule has 2 heterocycles. The van der Waals surface area contributed by atoms with Crippen molar-refractivity contribution in [1.82, 2.24) is 9.80 Å². The highest BCUT2D eigenvalue weighted by atomic mass is 16.4. The molecule has 0 amide bonds. The van der Waals surface area contributed by atoms with Crippen LogP contribution in [-0.4, -0.2) is 69.9 Å². The molecule has 4 bridgehead atoms. The summed E-state index contributed by atoms with van der Waals surface area (Å²) in [5.41, 5.74) is 2.22. The van der Waals surface area contributed by atoms with Crippen molar-refractivity contribution in [3.63, 3.8) is 0 Å². The molecule has 184 valence electrons. The lowest BCUT2D eigenvalue weighted by atomic mass is 9.84. The van der Waals surface area contributed by atoms with Crippen LogP contribution in [0.2, 0.25) is 0 Å². The Morgan fingerprint density at radius 3 is 1.42 bits per heavy atom. The number of piperidine rings is 2. The average Bonchev–Trinajstić information content (AvgIpc) is 3.65. The molecule has 6 aliphatic rings. The van der Waals surface area contributed by atoms with Gasteiger partial charge in [-0.15, -0.1) is 0 Å². The zero-order valence-corrected chi connectivity index (χ0v) is 20.3. The third-order valence-corrected chi connectivity index (χ3v) is 10.8. The van der Waals surface area contributed by atoms with E-state index in [1.165, 1.54) is 110 Å². The van der Waals surface area contributed by atoms with Crippen molar-refractivity contribution < 1.29 is 10.4 Å². The molecule has 0 aromatic rings. The van der Waals surface area contributed by atoms with Gasteiger partial charge >= 0.3 is 0 Å². The van der Waals surface area contributed by atoms with Crippen LogP contribution in [0.5, 0.6) is 0 Å². The van der Waals surface area contributed by atoms with Crippen molar-refractivity contribution in [3.8, 4) is 0 Å². The summed E-state index contributed by atoms with van der Waals surface area (Å²) in [6.45, 7) is 4.81. The van der Waals surface area contributed by atoms with Crippen LogP contribution in [-0.2, 0) is 0 Å². The molecule has 6 heteroatoms. The van der Waals surface area contributed by atoms with Gasteiger partial charge in [0.05, 0.1) is 23.5 Å². The van der Waals surface area contributed by atoms with Gasteiger partial charge in [-0.25, -0.2) is 0 Å². The zero-order valence-electron chi connectivity index (χ0n) is 20.3. The molecule has 0 aromatic heterocycles. The number of fused-ring (bicyclic) bond motifs is 4. The Bertz CT molecular complexity index is 691. The number of nitrogens with zero attached hydrogens (tertiary/aromatic N) is 4. The van der Waals surface area contributed by atoms with Crippen LogP contribution in [0.4, 0.5) is 0 Å². The minimum Gasteiger partial charge on any atom is -0.411 e. The van der Waals surface area contributed by atoms with Crippen molar-refractivity contribution in [2.75, 3.05) is 26.2 Å². The van der Waals surface area contributed by atoms with Crippen LogP contribution in [0, 0.1) is 35.5 Å². The summed E-state index contributed by atoms with van der Waals surface area (Å²) in [5.74, 6) is 4.43. The fraction of sp³-hybridized carbons (Fsp3) is 0.926. The molecule has 0 spiro atoms. The van der Waals surface area contributed by atoms with E-state index >= 15 is 0 Å². The number of hydrogen-bond acceptors (Lipinski definition) is 6. The monoisotopic (exact) mass is 456 g/mol. The molecular weight excluding hydrogens is 412 g/mol. The van der Waals surface area contributed by atoms with Crippen LogP contribution < -0.4 is 0 Å². The zero-order chi connectivity index (χ0) is 22.4. The molecule has 2 N–H and O–H groups in total. The third-order valence-electron chi connectivity index (χ3n) is 10.8. The van der Waals surface area contributed by atoms with Crippen molar-refractivity contribution in [3.05, 3.63) is 0 Å². The highest BCUT2D eigenvalue weighted by Gasteiger charge is 2.49. The molecular formula is C27H44N4O2. The largest absolute Gasteiger partial charge is 0.411 e. The Balaban J connectivity index is 0.904. The van der Waals surface area contributed by atoms with Gasteiger partial charge in [0.25, 0.3) is 0 Å². The molecule has 0 aromatic carbocycles. The summed E-state index contributed by atoms with van der Waals surface area (Å²) in [5, 5.41) is 26.6. The normalized spacial score (nSPS) is 42.9. The van der Waals surface area contributed by atoms with Gasteiger partial charge < -0.3 is 10.4 Å². The molecule has 6 fully saturated rings. The molecule has 2 saturated heterocycles. The second-order valence-corrected chi connectivity index (χ2v) is 12.4. The summed E-state index contributed by atoms with van der Waals surface area (Å²) in [4.78, 5) is 5.31. The van der Waals surface area contributed by atoms with Crippen LogP contribution in [0.1, 0.15) is 83.5 Å². The second-order valence-electron chi connectivity index (χ2n) is 12.4. The Labute approximate surface area is 199 Å². The predicted octanol–water partition coefficient (Wildman–Crippen LogP) is 4.84. The minimum atomic E-state index is 0.450. The lowest BCUT2D eigenvalue weighted by Gasteiger charge is -2.40. The summed E-state index contributed by atoms with van der Waals surface area (Å²) in [6, 6.07) is 0.901. The summed E-state index contributed by atoms with van der Waals surface area (Å²) in [7, 11) is 0. The first-order valence-electron chi connectivity index (χ1n) is 14.2. The Hall–Kier alpha value is -1.14. The average molecular weight is 457 g/mol. The molecule has 4 saturated carbocycles. The topological polar surface area (TPSA) is 71.7 Å². The maximum absolute atomic E-state index is 9.55. The maximum Gasteiger partial charge on any atom is 0.0775 e. The highest BCUT2D eigenvalue weighted by Crippen LogP contribution is 2.47. The first-order valence-corrected chi connectivity index (χ1v) is 14.2. The van der Waals surface area contributed by atoms with Gasteiger partial charge in [0.2, 0.25) is 0 Å². The van der Waals surface area contributed by atoms with E-state index in [2.05, 4.69) is 20.1 Å². The molecule has 6 nitrogen and oxygen atoms in total. The minimum absolute atomic E-state index is 0.450. The van der Waals surface area contributed by atoms with E-state index in [0.29, 0.717) is 23.9 Å². The van der Waals surface area contributed by atoms with E-state index in [1.54, 1.807) is 0 Å². The van der Waals surface area contributed by atoms with E-state index in [9.17, 15) is 10.4 Å². The van der Waals surface area contributed by atoms with Crippen LogP contribution in [0.25, 0.3) is 0 Å². The van der Waals surface area contributed by atoms with E-state index < -0.39 is 0 Å². The van der Waals surface area contributed by atoms with Crippen LogP contribution >= 0.6 is 0 Å². The van der Waals surface area contributed by atoms with E-state index in [0.717, 1.165) is 35.1 Å². The first-order chi connectivity index (χ1) is 16.2. The molecule has 4 aliphatic carbocycles. The van der Waals surface area contributed by atoms with Crippen molar-refractivity contribution >= 4 is 11.4 Å². The van der Waals surface area contributed by atoms with Gasteiger partial charge in [0.1, 0.15) is 0 Å². The number of oxime groups is 2. The molecule has 6 rings (SSSR count). The summed E-state index contributed by atoms with van der Waals surface area (Å²) < 4.78 is 0. The third kappa shape index (κ3) is 4.13. The van der Waals surface area contributed by atoms with Crippen molar-refractivity contribution in [2.45, 2.75) is 95.6 Å². The second kappa shape index (κ2) is 9.49. The number of likely N-dealkylation sites (tertiary alicyclic amines) is 2. The lowest BCUT2D eigenvalue weighted by molar-refractivity contribution is 0.119. The Morgan fingerprint density at radius 2 is 1.03 bits per heavy atom. The van der Waals surface area contributed by atoms with Crippen molar-refractivity contribution in [2.24, 2.45) is 45.8 Å². The van der Waals surface area contributed by atoms with Gasteiger partial charge in [-0.2, -0.15) is 0 Å². The fourth-order valence-electron chi connectivity index (χ4n) is 9.10. The quantitative estimate of drug-likeness (QED) is 0.443. The first kappa shape index (κ1) is 22.3. The Kier molecular flexibility index (Phi) is 6.42. The van der Waals surface area contributed by atoms with Crippen LogP contribution in [0.15, 0.2) is 10.3 Å².